The quantitative estimate of drug-likeness (QED) is 0.638. The average Bonchev–Trinajstić information content (AvgIpc) is 2.33. The van der Waals surface area contributed by atoms with Gasteiger partial charge < -0.3 is 16.0 Å². The second kappa shape index (κ2) is 13.5. The molecule has 1 aliphatic heterocycles. The Morgan fingerprint density at radius 3 is 2.38 bits per heavy atom. The van der Waals surface area contributed by atoms with Crippen LogP contribution in [-0.4, -0.2) is 26.5 Å². The van der Waals surface area contributed by atoms with Crippen molar-refractivity contribution in [3.05, 3.63) is 23.5 Å². The number of allylic oxidation sites excluding steroid dienone is 2. The maximum atomic E-state index is 9.29. The van der Waals surface area contributed by atoms with Gasteiger partial charge in [-0.15, -0.1) is 0 Å². The van der Waals surface area contributed by atoms with E-state index in [-0.39, 0.29) is 0 Å². The van der Waals surface area contributed by atoms with E-state index in [0.29, 0.717) is 6.41 Å². The lowest BCUT2D eigenvalue weighted by atomic mass is 10.2. The molecule has 0 unspecified atom stereocenters. The fraction of sp³-hybridized carbons (Fsp3) is 0.583. The van der Waals surface area contributed by atoms with Crippen LogP contribution in [0.25, 0.3) is 0 Å². The molecule has 0 aromatic heterocycles. The van der Waals surface area contributed by atoms with Crippen molar-refractivity contribution in [1.82, 2.24) is 16.0 Å². The Balaban J connectivity index is 0. The summed E-state index contributed by atoms with van der Waals surface area (Å²) in [6.07, 6.45) is 4.83. The highest BCUT2D eigenvalue weighted by Crippen LogP contribution is 2.01. The van der Waals surface area contributed by atoms with E-state index < -0.39 is 0 Å². The molecule has 94 valence electrons. The van der Waals surface area contributed by atoms with E-state index in [0.717, 1.165) is 13.1 Å². The van der Waals surface area contributed by atoms with E-state index in [2.05, 4.69) is 29.0 Å². The number of carbonyl (C=O) groups is 1. The topological polar surface area (TPSA) is 53.2 Å². The zero-order chi connectivity index (χ0) is 12.8. The van der Waals surface area contributed by atoms with Gasteiger partial charge in [0.2, 0.25) is 6.41 Å². The molecule has 0 aromatic rings. The fourth-order valence-electron chi connectivity index (χ4n) is 0.933. The Hall–Kier alpha value is -1.45. The van der Waals surface area contributed by atoms with E-state index in [1.54, 1.807) is 0 Å². The lowest BCUT2D eigenvalue weighted by Crippen LogP contribution is -2.22. The molecular weight excluding hydrogens is 202 g/mol. The zero-order valence-corrected chi connectivity index (χ0v) is 11.1. The molecule has 4 heteroatoms. The average molecular weight is 227 g/mol. The monoisotopic (exact) mass is 227 g/mol. The van der Waals surface area contributed by atoms with Gasteiger partial charge >= 0.3 is 0 Å². The Morgan fingerprint density at radius 1 is 1.50 bits per heavy atom. The summed E-state index contributed by atoms with van der Waals surface area (Å²) in [5.41, 5.74) is 2.51. The molecule has 16 heavy (non-hydrogen) atoms. The fourth-order valence-corrected chi connectivity index (χ4v) is 0.933. The lowest BCUT2D eigenvalue weighted by Gasteiger charge is -2.12. The molecule has 1 rings (SSSR count). The van der Waals surface area contributed by atoms with Crippen LogP contribution in [0, 0.1) is 0 Å². The number of dihydropyridines is 1. The molecular formula is C12H25N3O. The highest BCUT2D eigenvalue weighted by molar-refractivity contribution is 5.45. The molecule has 0 fully saturated rings. The third-order valence-corrected chi connectivity index (χ3v) is 1.63. The minimum atomic E-state index is 0.681. The number of hydrogen-bond acceptors (Lipinski definition) is 3. The second-order valence-electron chi connectivity index (χ2n) is 2.86. The van der Waals surface area contributed by atoms with Crippen molar-refractivity contribution < 1.29 is 4.79 Å². The van der Waals surface area contributed by atoms with Gasteiger partial charge in [-0.05, 0) is 31.7 Å². The second-order valence-corrected chi connectivity index (χ2v) is 2.86. The molecule has 3 N–H and O–H groups in total. The Morgan fingerprint density at radius 2 is 2.12 bits per heavy atom. The maximum absolute atomic E-state index is 9.29. The van der Waals surface area contributed by atoms with E-state index >= 15 is 0 Å². The first-order valence-electron chi connectivity index (χ1n) is 5.70. The van der Waals surface area contributed by atoms with Crippen LogP contribution in [0.2, 0.25) is 0 Å². The van der Waals surface area contributed by atoms with Crippen molar-refractivity contribution in [2.24, 2.45) is 0 Å². The summed E-state index contributed by atoms with van der Waals surface area (Å²) in [6.45, 7) is 9.59. The third kappa shape index (κ3) is 10.6. The van der Waals surface area contributed by atoms with Gasteiger partial charge in [0, 0.05) is 19.3 Å². The van der Waals surface area contributed by atoms with Crippen molar-refractivity contribution in [1.29, 1.82) is 0 Å². The van der Waals surface area contributed by atoms with E-state index in [4.69, 9.17) is 0 Å². The highest BCUT2D eigenvalue weighted by atomic mass is 16.1. The van der Waals surface area contributed by atoms with Gasteiger partial charge in [0.1, 0.15) is 0 Å². The SMILES string of the molecule is CC.CCNC=O.CNC1=CC(C)=CNC1. The van der Waals surface area contributed by atoms with Gasteiger partial charge in [-0.3, -0.25) is 4.79 Å². The Kier molecular flexibility index (Phi) is 14.4. The predicted molar refractivity (Wildman–Crippen MR) is 70.0 cm³/mol. The lowest BCUT2D eigenvalue weighted by molar-refractivity contribution is -0.109. The molecule has 4 nitrogen and oxygen atoms in total. The van der Waals surface area contributed by atoms with Gasteiger partial charge in [0.05, 0.1) is 6.54 Å². The maximum Gasteiger partial charge on any atom is 0.207 e. The Bertz CT molecular complexity index is 222. The van der Waals surface area contributed by atoms with Crippen molar-refractivity contribution in [2.75, 3.05) is 20.1 Å². The van der Waals surface area contributed by atoms with Gasteiger partial charge in [-0.1, -0.05) is 13.8 Å². The predicted octanol–water partition coefficient (Wildman–Crippen LogP) is 1.38. The van der Waals surface area contributed by atoms with Gasteiger partial charge in [0.15, 0.2) is 0 Å². The van der Waals surface area contributed by atoms with Crippen molar-refractivity contribution in [3.63, 3.8) is 0 Å². The molecule has 0 aromatic carbocycles. The van der Waals surface area contributed by atoms with Gasteiger partial charge in [-0.2, -0.15) is 0 Å². The molecule has 1 amide bonds. The first kappa shape index (κ1) is 17.0. The van der Waals surface area contributed by atoms with Crippen LogP contribution in [-0.2, 0) is 4.79 Å². The molecule has 0 spiro atoms. The molecule has 0 saturated carbocycles. The third-order valence-electron chi connectivity index (χ3n) is 1.63. The van der Waals surface area contributed by atoms with Gasteiger partial charge in [-0.25, -0.2) is 0 Å². The van der Waals surface area contributed by atoms with Crippen LogP contribution in [0.4, 0.5) is 0 Å². The molecule has 0 bridgehead atoms. The van der Waals surface area contributed by atoms with E-state index in [1.807, 2.05) is 34.0 Å². The van der Waals surface area contributed by atoms with Crippen LogP contribution in [0.1, 0.15) is 27.7 Å². The van der Waals surface area contributed by atoms with E-state index in [1.165, 1.54) is 11.3 Å². The largest absolute Gasteiger partial charge is 0.390 e. The minimum Gasteiger partial charge on any atom is -0.390 e. The molecule has 1 aliphatic rings. The number of nitrogens with one attached hydrogen (secondary N) is 3. The van der Waals surface area contributed by atoms with Crippen molar-refractivity contribution in [2.45, 2.75) is 27.7 Å². The van der Waals surface area contributed by atoms with Crippen LogP contribution in [0.15, 0.2) is 23.5 Å². The normalized spacial score (nSPS) is 12.3. The summed E-state index contributed by atoms with van der Waals surface area (Å²) in [7, 11) is 1.94. The minimum absolute atomic E-state index is 0.681. The number of rotatable bonds is 3. The van der Waals surface area contributed by atoms with Crippen LogP contribution >= 0.6 is 0 Å². The standard InChI is InChI=1S/C7H12N2.C3H7NO.C2H6/c1-6-3-7(8-2)5-9-4-6;1-2-4-3-5;1-2/h3-4,8-9H,5H2,1-2H3;3H,2H2,1H3,(H,4,5);1-2H3. The summed E-state index contributed by atoms with van der Waals surface area (Å²) < 4.78 is 0. The smallest absolute Gasteiger partial charge is 0.207 e. The van der Waals surface area contributed by atoms with Crippen molar-refractivity contribution >= 4 is 6.41 Å². The molecule has 1 heterocycles. The molecule has 0 radical (unpaired) electrons. The number of amides is 1. The van der Waals surface area contributed by atoms with Gasteiger partial charge in [0.25, 0.3) is 0 Å². The highest BCUT2D eigenvalue weighted by Gasteiger charge is 1.96. The number of carbonyl (C=O) groups excluding carboxylic acids is 1. The Labute approximate surface area is 99.2 Å². The number of hydrogen-bond donors (Lipinski definition) is 3. The zero-order valence-electron chi connectivity index (χ0n) is 11.1. The van der Waals surface area contributed by atoms with Crippen LogP contribution in [0.3, 0.4) is 0 Å². The molecule has 0 saturated heterocycles. The van der Waals surface area contributed by atoms with Crippen LogP contribution < -0.4 is 16.0 Å². The summed E-state index contributed by atoms with van der Waals surface area (Å²) in [6, 6.07) is 0. The summed E-state index contributed by atoms with van der Waals surface area (Å²) in [4.78, 5) is 9.29. The summed E-state index contributed by atoms with van der Waals surface area (Å²) in [5.74, 6) is 0. The first-order valence-corrected chi connectivity index (χ1v) is 5.70. The summed E-state index contributed by atoms with van der Waals surface area (Å²) >= 11 is 0. The van der Waals surface area contributed by atoms with Crippen molar-refractivity contribution in [3.8, 4) is 0 Å². The summed E-state index contributed by atoms with van der Waals surface area (Å²) in [5, 5.41) is 8.67. The molecule has 0 atom stereocenters. The molecule has 0 aliphatic carbocycles. The van der Waals surface area contributed by atoms with Crippen LogP contribution in [0.5, 0.6) is 0 Å². The van der Waals surface area contributed by atoms with E-state index in [9.17, 15) is 4.79 Å². The first-order chi connectivity index (χ1) is 7.74. The number of likely N-dealkylation sites (N-methyl/N-ethyl adjacent to an activating group) is 1.